The van der Waals surface area contributed by atoms with Crippen LogP contribution in [0.1, 0.15) is 26.7 Å². The molecule has 140 valence electrons. The zero-order chi connectivity index (χ0) is 18.8. The van der Waals surface area contributed by atoms with Crippen LogP contribution >= 0.6 is 15.9 Å². The smallest absolute Gasteiger partial charge is 0.224 e. The van der Waals surface area contributed by atoms with Gasteiger partial charge < -0.3 is 19.5 Å². The van der Waals surface area contributed by atoms with Gasteiger partial charge in [0.15, 0.2) is 11.5 Å². The summed E-state index contributed by atoms with van der Waals surface area (Å²) in [5.41, 5.74) is 0.690. The molecule has 0 bridgehead atoms. The second-order valence-corrected chi connectivity index (χ2v) is 6.40. The van der Waals surface area contributed by atoms with E-state index >= 15 is 0 Å². The highest BCUT2D eigenvalue weighted by atomic mass is 79.9. The minimum absolute atomic E-state index is 0.0592. The number of halogens is 1. The predicted molar refractivity (Wildman–Crippen MR) is 106 cm³/mol. The van der Waals surface area contributed by atoms with Crippen LogP contribution < -0.4 is 19.5 Å². The van der Waals surface area contributed by atoms with Crippen molar-refractivity contribution in [1.82, 2.24) is 0 Å². The third-order valence-corrected chi connectivity index (χ3v) is 3.99. The summed E-state index contributed by atoms with van der Waals surface area (Å²) in [5.74, 6) is 2.04. The minimum atomic E-state index is -0.0592. The summed E-state index contributed by atoms with van der Waals surface area (Å²) in [4.78, 5) is 12.1. The second-order valence-electron chi connectivity index (χ2n) is 5.48. The van der Waals surface area contributed by atoms with Crippen molar-refractivity contribution in [3.63, 3.8) is 0 Å². The maximum absolute atomic E-state index is 12.1. The molecule has 0 atom stereocenters. The molecule has 0 aliphatic rings. The Hall–Kier alpha value is -2.21. The first-order valence-corrected chi connectivity index (χ1v) is 9.49. The highest BCUT2D eigenvalue weighted by Gasteiger charge is 2.08. The average Bonchev–Trinajstić information content (AvgIpc) is 2.63. The summed E-state index contributed by atoms with van der Waals surface area (Å²) in [5, 5.41) is 2.88. The standard InChI is InChI=1S/C20H24BrNO4/c1-3-24-18-12-9-16(14-19(18)25-4-2)22-20(23)6-5-13-26-17-10-7-15(21)8-11-17/h7-12,14H,3-6,13H2,1-2H3,(H,22,23). The molecule has 26 heavy (non-hydrogen) atoms. The molecule has 6 heteroatoms. The van der Waals surface area contributed by atoms with Gasteiger partial charge in [-0.3, -0.25) is 4.79 Å². The first kappa shape index (κ1) is 20.1. The van der Waals surface area contributed by atoms with Crippen LogP contribution in [0, 0.1) is 0 Å². The first-order valence-electron chi connectivity index (χ1n) is 8.70. The molecule has 0 aliphatic carbocycles. The Morgan fingerprint density at radius 1 is 0.962 bits per heavy atom. The number of hydrogen-bond donors (Lipinski definition) is 1. The Bertz CT molecular complexity index is 703. The fraction of sp³-hybridized carbons (Fsp3) is 0.350. The van der Waals surface area contributed by atoms with Crippen LogP contribution in [-0.2, 0) is 4.79 Å². The summed E-state index contributed by atoms with van der Waals surface area (Å²) >= 11 is 3.38. The number of ether oxygens (including phenoxy) is 3. The lowest BCUT2D eigenvalue weighted by molar-refractivity contribution is -0.116. The lowest BCUT2D eigenvalue weighted by Gasteiger charge is -2.13. The van der Waals surface area contributed by atoms with E-state index in [9.17, 15) is 4.79 Å². The van der Waals surface area contributed by atoms with Gasteiger partial charge in [0.05, 0.1) is 19.8 Å². The Labute approximate surface area is 162 Å². The molecule has 0 spiro atoms. The Morgan fingerprint density at radius 2 is 1.65 bits per heavy atom. The molecule has 2 aromatic rings. The first-order chi connectivity index (χ1) is 12.6. The summed E-state index contributed by atoms with van der Waals surface area (Å²) in [6.07, 6.45) is 1.02. The molecule has 0 aromatic heterocycles. The van der Waals surface area contributed by atoms with Crippen molar-refractivity contribution in [2.24, 2.45) is 0 Å². The highest BCUT2D eigenvalue weighted by Crippen LogP contribution is 2.30. The number of rotatable bonds is 10. The van der Waals surface area contributed by atoms with E-state index in [4.69, 9.17) is 14.2 Å². The molecule has 1 amide bonds. The van der Waals surface area contributed by atoms with E-state index in [0.717, 1.165) is 10.2 Å². The van der Waals surface area contributed by atoms with Crippen LogP contribution in [0.25, 0.3) is 0 Å². The van der Waals surface area contributed by atoms with E-state index in [0.29, 0.717) is 49.8 Å². The van der Waals surface area contributed by atoms with E-state index in [1.807, 2.05) is 44.2 Å². The van der Waals surface area contributed by atoms with Crippen molar-refractivity contribution < 1.29 is 19.0 Å². The van der Waals surface area contributed by atoms with Crippen LogP contribution in [0.5, 0.6) is 17.2 Å². The van der Waals surface area contributed by atoms with Crippen molar-refractivity contribution in [2.75, 3.05) is 25.1 Å². The molecule has 2 aromatic carbocycles. The van der Waals surface area contributed by atoms with Crippen LogP contribution in [0.15, 0.2) is 46.9 Å². The second kappa shape index (κ2) is 10.7. The summed E-state index contributed by atoms with van der Waals surface area (Å²) in [6, 6.07) is 13.0. The van der Waals surface area contributed by atoms with Crippen LogP contribution in [0.3, 0.4) is 0 Å². The van der Waals surface area contributed by atoms with E-state index in [1.165, 1.54) is 0 Å². The Balaban J connectivity index is 1.79. The number of carbonyl (C=O) groups is 1. The van der Waals surface area contributed by atoms with Gasteiger partial charge in [0.2, 0.25) is 5.91 Å². The maximum Gasteiger partial charge on any atom is 0.224 e. The quantitative estimate of drug-likeness (QED) is 0.545. The zero-order valence-electron chi connectivity index (χ0n) is 15.1. The third kappa shape index (κ3) is 6.59. The topological polar surface area (TPSA) is 56.8 Å². The lowest BCUT2D eigenvalue weighted by Crippen LogP contribution is -2.13. The Morgan fingerprint density at radius 3 is 2.35 bits per heavy atom. The van der Waals surface area contributed by atoms with Gasteiger partial charge in [0.1, 0.15) is 5.75 Å². The van der Waals surface area contributed by atoms with Crippen LogP contribution in [0.4, 0.5) is 5.69 Å². The van der Waals surface area contributed by atoms with Crippen molar-refractivity contribution in [1.29, 1.82) is 0 Å². The molecule has 0 heterocycles. The largest absolute Gasteiger partial charge is 0.494 e. The van der Waals surface area contributed by atoms with Crippen molar-refractivity contribution in [3.05, 3.63) is 46.9 Å². The molecule has 0 saturated heterocycles. The van der Waals surface area contributed by atoms with Crippen LogP contribution in [-0.4, -0.2) is 25.7 Å². The van der Waals surface area contributed by atoms with Gasteiger partial charge in [-0.25, -0.2) is 0 Å². The van der Waals surface area contributed by atoms with Gasteiger partial charge in [-0.05, 0) is 56.7 Å². The molecule has 0 unspecified atom stereocenters. The lowest BCUT2D eigenvalue weighted by atomic mass is 10.2. The van der Waals surface area contributed by atoms with Gasteiger partial charge in [0, 0.05) is 22.6 Å². The summed E-state index contributed by atoms with van der Waals surface area (Å²) in [7, 11) is 0. The molecule has 1 N–H and O–H groups in total. The number of carbonyl (C=O) groups excluding carboxylic acids is 1. The normalized spacial score (nSPS) is 10.3. The number of nitrogens with one attached hydrogen (secondary N) is 1. The average molecular weight is 422 g/mol. The molecule has 0 radical (unpaired) electrons. The van der Waals surface area contributed by atoms with Gasteiger partial charge in [-0.1, -0.05) is 15.9 Å². The number of amides is 1. The number of hydrogen-bond acceptors (Lipinski definition) is 4. The maximum atomic E-state index is 12.1. The molecule has 0 saturated carbocycles. The van der Waals surface area contributed by atoms with E-state index in [2.05, 4.69) is 21.2 Å². The van der Waals surface area contributed by atoms with Crippen molar-refractivity contribution in [2.45, 2.75) is 26.7 Å². The van der Waals surface area contributed by atoms with E-state index in [-0.39, 0.29) is 5.91 Å². The molecule has 0 aliphatic heterocycles. The van der Waals surface area contributed by atoms with Gasteiger partial charge >= 0.3 is 0 Å². The fourth-order valence-corrected chi connectivity index (χ4v) is 2.57. The van der Waals surface area contributed by atoms with E-state index < -0.39 is 0 Å². The number of benzene rings is 2. The highest BCUT2D eigenvalue weighted by molar-refractivity contribution is 9.10. The van der Waals surface area contributed by atoms with Crippen molar-refractivity contribution in [3.8, 4) is 17.2 Å². The summed E-state index contributed by atoms with van der Waals surface area (Å²) in [6.45, 7) is 5.41. The zero-order valence-corrected chi connectivity index (χ0v) is 16.7. The summed E-state index contributed by atoms with van der Waals surface area (Å²) < 4.78 is 17.7. The molecular formula is C20H24BrNO4. The van der Waals surface area contributed by atoms with Crippen LogP contribution in [0.2, 0.25) is 0 Å². The Kier molecular flexibility index (Phi) is 8.28. The monoisotopic (exact) mass is 421 g/mol. The molecule has 0 fully saturated rings. The minimum Gasteiger partial charge on any atom is -0.494 e. The van der Waals surface area contributed by atoms with Gasteiger partial charge in [-0.2, -0.15) is 0 Å². The fourth-order valence-electron chi connectivity index (χ4n) is 2.31. The van der Waals surface area contributed by atoms with Gasteiger partial charge in [-0.15, -0.1) is 0 Å². The number of anilines is 1. The SMILES string of the molecule is CCOc1ccc(NC(=O)CCCOc2ccc(Br)cc2)cc1OCC. The predicted octanol–water partition coefficient (Wildman–Crippen LogP) is 5.04. The molecule has 2 rings (SSSR count). The molecule has 5 nitrogen and oxygen atoms in total. The van der Waals surface area contributed by atoms with Gasteiger partial charge in [0.25, 0.3) is 0 Å². The molecular weight excluding hydrogens is 398 g/mol. The third-order valence-electron chi connectivity index (χ3n) is 3.46. The van der Waals surface area contributed by atoms with Crippen molar-refractivity contribution >= 4 is 27.5 Å². The van der Waals surface area contributed by atoms with E-state index in [1.54, 1.807) is 12.1 Å².